The van der Waals surface area contributed by atoms with Crippen LogP contribution in [0.15, 0.2) is 72.7 Å². The second kappa shape index (κ2) is 9.79. The normalized spacial score (nSPS) is 15.1. The van der Waals surface area contributed by atoms with E-state index in [9.17, 15) is 8.42 Å². The predicted octanol–water partition coefficient (Wildman–Crippen LogP) is 4.07. The summed E-state index contributed by atoms with van der Waals surface area (Å²) in [5, 5.41) is 1.75. The number of hydrogen-bond acceptors (Lipinski definition) is 9. The quantitative estimate of drug-likeness (QED) is 0.507. The van der Waals surface area contributed by atoms with Crippen molar-refractivity contribution in [1.82, 2.24) is 20.3 Å². The van der Waals surface area contributed by atoms with Gasteiger partial charge in [0.2, 0.25) is 0 Å². The number of benzene rings is 1. The molecule has 1 aliphatic rings. The van der Waals surface area contributed by atoms with Crippen molar-refractivity contribution in [2.24, 2.45) is 0 Å². The smallest absolute Gasteiger partial charge is 0.257 e. The molecule has 176 valence electrons. The summed E-state index contributed by atoms with van der Waals surface area (Å²) in [4.78, 5) is 12.8. The molecule has 0 saturated heterocycles. The number of nitrogens with zero attached hydrogens (tertiary/aromatic N) is 4. The standard InChI is InChI=1S/C23H22N5O5S/c1-15-8-9-19(25-14-15)34(29,30)28-22-20(33-18-7-5-4-6-17(18)31-2)23(32-3)27-21(26-22)16-10-12-24-13-11-16/h4-14,19,25H,1-3H3/q-1. The molecule has 3 heterocycles. The molecule has 10 nitrogen and oxygen atoms in total. The van der Waals surface area contributed by atoms with E-state index in [4.69, 9.17) is 14.2 Å². The summed E-state index contributed by atoms with van der Waals surface area (Å²) in [5.41, 5.74) is 1.48. The first-order valence-corrected chi connectivity index (χ1v) is 11.7. The maximum Gasteiger partial charge on any atom is 0.257 e. The third-order valence-electron chi connectivity index (χ3n) is 4.77. The fraction of sp³-hybridized carbons (Fsp3) is 0.174. The van der Waals surface area contributed by atoms with Gasteiger partial charge in [-0.25, -0.2) is 13.4 Å². The summed E-state index contributed by atoms with van der Waals surface area (Å²) in [6.45, 7) is 1.85. The van der Waals surface area contributed by atoms with E-state index in [2.05, 4.69) is 25.0 Å². The number of nitrogens with one attached hydrogen (secondary N) is 1. The van der Waals surface area contributed by atoms with Crippen LogP contribution in [0.3, 0.4) is 0 Å². The number of hydrogen-bond donors (Lipinski definition) is 1. The van der Waals surface area contributed by atoms with E-state index < -0.39 is 15.4 Å². The molecule has 1 aromatic carbocycles. The van der Waals surface area contributed by atoms with Gasteiger partial charge in [0.1, 0.15) is 0 Å². The molecule has 2 aromatic heterocycles. The SMILES string of the molecule is COc1ccccc1Oc1c([N-]S(=O)(=O)C2C=CC(C)=CN2)nc(-c2ccncc2)nc1OC. The van der Waals surface area contributed by atoms with Crippen molar-refractivity contribution in [2.75, 3.05) is 14.2 Å². The summed E-state index contributed by atoms with van der Waals surface area (Å²) in [5.74, 6) is 0.652. The molecule has 3 aromatic rings. The number of para-hydroxylation sites is 2. The first kappa shape index (κ1) is 23.1. The monoisotopic (exact) mass is 480 g/mol. The number of dihydropyridines is 1. The third kappa shape index (κ3) is 4.94. The number of methoxy groups -OCH3 is 2. The highest BCUT2D eigenvalue weighted by Gasteiger charge is 2.23. The maximum absolute atomic E-state index is 13.1. The van der Waals surface area contributed by atoms with Crippen LogP contribution in [0.4, 0.5) is 5.82 Å². The Labute approximate surface area is 197 Å². The average molecular weight is 481 g/mol. The second-order valence-corrected chi connectivity index (χ2v) is 8.86. The Hall–Kier alpha value is -4.12. The highest BCUT2D eigenvalue weighted by Crippen LogP contribution is 2.44. The Balaban J connectivity index is 1.81. The number of rotatable bonds is 8. The lowest BCUT2D eigenvalue weighted by atomic mass is 10.2. The zero-order chi connectivity index (χ0) is 24.1. The highest BCUT2D eigenvalue weighted by molar-refractivity contribution is 7.95. The van der Waals surface area contributed by atoms with Gasteiger partial charge in [0.25, 0.3) is 5.88 Å². The molecule has 1 unspecified atom stereocenters. The molecule has 1 atom stereocenters. The first-order chi connectivity index (χ1) is 16.4. The molecule has 0 aliphatic carbocycles. The van der Waals surface area contributed by atoms with E-state index in [1.807, 2.05) is 6.92 Å². The van der Waals surface area contributed by atoms with Gasteiger partial charge in [-0.3, -0.25) is 4.98 Å². The average Bonchev–Trinajstić information content (AvgIpc) is 2.85. The molecule has 34 heavy (non-hydrogen) atoms. The lowest BCUT2D eigenvalue weighted by Crippen LogP contribution is -2.32. The number of aromatic nitrogens is 3. The van der Waals surface area contributed by atoms with Crippen molar-refractivity contribution >= 4 is 15.8 Å². The van der Waals surface area contributed by atoms with E-state index in [0.717, 1.165) is 5.57 Å². The molecular weight excluding hydrogens is 458 g/mol. The number of sulfonamides is 1. The van der Waals surface area contributed by atoms with Gasteiger partial charge in [0.05, 0.1) is 20.0 Å². The van der Waals surface area contributed by atoms with Crippen LogP contribution >= 0.6 is 0 Å². The van der Waals surface area contributed by atoms with Gasteiger partial charge < -0.3 is 29.2 Å². The molecule has 1 aliphatic heterocycles. The first-order valence-electron chi connectivity index (χ1n) is 10.2. The zero-order valence-corrected chi connectivity index (χ0v) is 19.5. The summed E-state index contributed by atoms with van der Waals surface area (Å²) < 4.78 is 47.1. The van der Waals surface area contributed by atoms with E-state index in [0.29, 0.717) is 17.1 Å². The lowest BCUT2D eigenvalue weighted by molar-refractivity contribution is 0.348. The van der Waals surface area contributed by atoms with Crippen molar-refractivity contribution in [3.63, 3.8) is 0 Å². The largest absolute Gasteiger partial charge is 0.493 e. The molecule has 0 amide bonds. The molecule has 0 radical (unpaired) electrons. The molecular formula is C23H22N5O5S-. The van der Waals surface area contributed by atoms with E-state index in [-0.39, 0.29) is 23.3 Å². The molecule has 0 spiro atoms. The minimum Gasteiger partial charge on any atom is -0.493 e. The summed E-state index contributed by atoms with van der Waals surface area (Å²) in [6, 6.07) is 10.3. The fourth-order valence-corrected chi connectivity index (χ4v) is 4.07. The van der Waals surface area contributed by atoms with Crippen molar-refractivity contribution < 1.29 is 22.6 Å². The van der Waals surface area contributed by atoms with Gasteiger partial charge in [-0.1, -0.05) is 18.2 Å². The Bertz CT molecular complexity index is 1340. The van der Waals surface area contributed by atoms with Crippen LogP contribution in [0.1, 0.15) is 6.92 Å². The molecule has 11 heteroatoms. The topological polar surface area (TPSA) is 127 Å². The van der Waals surface area contributed by atoms with Crippen molar-refractivity contribution in [2.45, 2.75) is 12.3 Å². The molecule has 0 fully saturated rings. The zero-order valence-electron chi connectivity index (χ0n) is 18.7. The maximum atomic E-state index is 13.1. The number of pyridine rings is 1. The lowest BCUT2D eigenvalue weighted by Gasteiger charge is -2.26. The number of ether oxygens (including phenoxy) is 3. The van der Waals surface area contributed by atoms with Gasteiger partial charge in [-0.2, -0.15) is 0 Å². The molecule has 4 rings (SSSR count). The van der Waals surface area contributed by atoms with Crippen molar-refractivity contribution in [1.29, 1.82) is 0 Å². The molecule has 0 saturated carbocycles. The predicted molar refractivity (Wildman–Crippen MR) is 127 cm³/mol. The Morgan fingerprint density at radius 3 is 2.38 bits per heavy atom. The van der Waals surface area contributed by atoms with Gasteiger partial charge in [-0.05, 0) is 48.4 Å². The summed E-state index contributed by atoms with van der Waals surface area (Å²) in [6.07, 6.45) is 7.96. The van der Waals surface area contributed by atoms with Gasteiger partial charge >= 0.3 is 0 Å². The van der Waals surface area contributed by atoms with Crippen LogP contribution in [0.5, 0.6) is 23.1 Å². The van der Waals surface area contributed by atoms with Crippen LogP contribution in [-0.2, 0) is 10.0 Å². The van der Waals surface area contributed by atoms with E-state index in [1.165, 1.54) is 20.3 Å². The Morgan fingerprint density at radius 1 is 1.00 bits per heavy atom. The van der Waals surface area contributed by atoms with Crippen LogP contribution in [0, 0.1) is 0 Å². The second-order valence-electron chi connectivity index (χ2n) is 7.14. The minimum absolute atomic E-state index is 0.00422. The number of allylic oxidation sites excluding steroid dienone is 2. The van der Waals surface area contributed by atoms with E-state index >= 15 is 0 Å². The van der Waals surface area contributed by atoms with Crippen LogP contribution in [0.25, 0.3) is 16.1 Å². The fourth-order valence-electron chi connectivity index (χ4n) is 3.07. The summed E-state index contributed by atoms with van der Waals surface area (Å²) in [7, 11) is -1.21. The van der Waals surface area contributed by atoms with Gasteiger partial charge in [-0.15, -0.1) is 0 Å². The third-order valence-corrected chi connectivity index (χ3v) is 6.14. The highest BCUT2D eigenvalue weighted by atomic mass is 32.2. The van der Waals surface area contributed by atoms with Crippen LogP contribution in [0.2, 0.25) is 0 Å². The summed E-state index contributed by atoms with van der Waals surface area (Å²) >= 11 is 0. The molecule has 1 N–H and O–H groups in total. The van der Waals surface area contributed by atoms with Gasteiger partial charge in [0.15, 0.2) is 32.6 Å². The minimum atomic E-state index is -4.10. The van der Waals surface area contributed by atoms with Crippen LogP contribution in [-0.4, -0.2) is 43.0 Å². The Morgan fingerprint density at radius 2 is 1.74 bits per heavy atom. The van der Waals surface area contributed by atoms with Crippen LogP contribution < -0.4 is 19.5 Å². The van der Waals surface area contributed by atoms with E-state index in [1.54, 1.807) is 61.1 Å². The Kier molecular flexibility index (Phi) is 6.64. The van der Waals surface area contributed by atoms with Crippen molar-refractivity contribution in [3.05, 3.63) is 77.4 Å². The van der Waals surface area contributed by atoms with Gasteiger partial charge in [0, 0.05) is 24.4 Å². The molecule has 0 bridgehead atoms. The van der Waals surface area contributed by atoms with Crippen molar-refractivity contribution in [3.8, 4) is 34.5 Å².